The number of hydrogen-bond acceptors (Lipinski definition) is 6. The van der Waals surface area contributed by atoms with Crippen LogP contribution in [0.15, 0.2) is 24.4 Å². The fourth-order valence-electron chi connectivity index (χ4n) is 3.90. The first-order chi connectivity index (χ1) is 13.6. The lowest BCUT2D eigenvalue weighted by molar-refractivity contribution is -0.124. The van der Waals surface area contributed by atoms with Gasteiger partial charge in [0, 0.05) is 65.1 Å². The van der Waals surface area contributed by atoms with Crippen LogP contribution in [0.25, 0.3) is 0 Å². The molecule has 0 aliphatic carbocycles. The number of morpholine rings is 1. The number of piperazine rings is 1. The Bertz CT molecular complexity index is 590. The molecule has 0 aromatic carbocycles. The smallest absolute Gasteiger partial charge is 0.234 e. The standard InChI is InChI=1S/C21H35N5O2/c1-18(2)14-26-11-12-28-20(16-26)13-23-21(27)17-25-9-7-24(8-10-25)15-19-5-3-4-6-22-19/h3-6,18,20H,7-17H2,1-2H3,(H,23,27). The van der Waals surface area contributed by atoms with E-state index in [1.165, 1.54) is 0 Å². The number of amides is 1. The van der Waals surface area contributed by atoms with Crippen LogP contribution in [0.3, 0.4) is 0 Å². The van der Waals surface area contributed by atoms with Gasteiger partial charge in [0.2, 0.25) is 5.91 Å². The number of carbonyl (C=O) groups is 1. The normalized spacial score (nSPS) is 22.5. The van der Waals surface area contributed by atoms with Crippen LogP contribution in [0.2, 0.25) is 0 Å². The minimum atomic E-state index is 0.0998. The van der Waals surface area contributed by atoms with Crippen molar-refractivity contribution in [2.75, 3.05) is 65.5 Å². The van der Waals surface area contributed by atoms with Crippen molar-refractivity contribution in [2.24, 2.45) is 5.92 Å². The molecule has 1 amide bonds. The molecule has 156 valence electrons. The van der Waals surface area contributed by atoms with Crippen LogP contribution in [0.4, 0.5) is 0 Å². The van der Waals surface area contributed by atoms with Crippen molar-refractivity contribution in [3.05, 3.63) is 30.1 Å². The number of pyridine rings is 1. The number of ether oxygens (including phenoxy) is 1. The van der Waals surface area contributed by atoms with Crippen LogP contribution in [0, 0.1) is 5.92 Å². The van der Waals surface area contributed by atoms with Crippen molar-refractivity contribution in [2.45, 2.75) is 26.5 Å². The highest BCUT2D eigenvalue weighted by molar-refractivity contribution is 5.78. The van der Waals surface area contributed by atoms with Gasteiger partial charge in [0.15, 0.2) is 0 Å². The zero-order valence-electron chi connectivity index (χ0n) is 17.3. The molecular formula is C21H35N5O2. The zero-order valence-corrected chi connectivity index (χ0v) is 17.3. The zero-order chi connectivity index (χ0) is 19.8. The number of nitrogens with zero attached hydrogens (tertiary/aromatic N) is 4. The maximum Gasteiger partial charge on any atom is 0.234 e. The van der Waals surface area contributed by atoms with Gasteiger partial charge in [0.1, 0.15) is 0 Å². The van der Waals surface area contributed by atoms with Gasteiger partial charge in [-0.1, -0.05) is 19.9 Å². The van der Waals surface area contributed by atoms with E-state index in [-0.39, 0.29) is 12.0 Å². The third kappa shape index (κ3) is 7.13. The second-order valence-corrected chi connectivity index (χ2v) is 8.32. The van der Waals surface area contributed by atoms with Gasteiger partial charge in [-0.3, -0.25) is 24.5 Å². The summed E-state index contributed by atoms with van der Waals surface area (Å²) in [5.74, 6) is 0.757. The summed E-state index contributed by atoms with van der Waals surface area (Å²) < 4.78 is 5.82. The van der Waals surface area contributed by atoms with Gasteiger partial charge in [-0.05, 0) is 18.1 Å². The van der Waals surface area contributed by atoms with Crippen LogP contribution in [0.1, 0.15) is 19.5 Å². The summed E-state index contributed by atoms with van der Waals surface area (Å²) in [7, 11) is 0. The first-order valence-corrected chi connectivity index (χ1v) is 10.5. The first-order valence-electron chi connectivity index (χ1n) is 10.5. The topological polar surface area (TPSA) is 60.9 Å². The molecule has 7 heteroatoms. The van der Waals surface area contributed by atoms with Crippen molar-refractivity contribution in [3.8, 4) is 0 Å². The molecule has 1 N–H and O–H groups in total. The van der Waals surface area contributed by atoms with Crippen molar-refractivity contribution >= 4 is 5.91 Å². The molecule has 0 radical (unpaired) electrons. The van der Waals surface area contributed by atoms with E-state index >= 15 is 0 Å². The second kappa shape index (κ2) is 10.9. The molecule has 1 aromatic rings. The average molecular weight is 390 g/mol. The van der Waals surface area contributed by atoms with E-state index in [4.69, 9.17) is 4.74 Å². The van der Waals surface area contributed by atoms with Crippen LogP contribution >= 0.6 is 0 Å². The third-order valence-corrected chi connectivity index (χ3v) is 5.32. The minimum Gasteiger partial charge on any atom is -0.374 e. The molecule has 0 bridgehead atoms. The quantitative estimate of drug-likeness (QED) is 0.705. The van der Waals surface area contributed by atoms with Gasteiger partial charge in [-0.15, -0.1) is 0 Å². The highest BCUT2D eigenvalue weighted by atomic mass is 16.5. The Morgan fingerprint density at radius 3 is 2.68 bits per heavy atom. The van der Waals surface area contributed by atoms with Gasteiger partial charge in [-0.25, -0.2) is 0 Å². The predicted octanol–water partition coefficient (Wildman–Crippen LogP) is 0.672. The van der Waals surface area contributed by atoms with Gasteiger partial charge in [0.05, 0.1) is 24.9 Å². The SMILES string of the molecule is CC(C)CN1CCOC(CNC(=O)CN2CCN(Cc3ccccn3)CC2)C1. The molecule has 28 heavy (non-hydrogen) atoms. The monoisotopic (exact) mass is 389 g/mol. The van der Waals surface area contributed by atoms with E-state index in [1.54, 1.807) is 0 Å². The highest BCUT2D eigenvalue weighted by Crippen LogP contribution is 2.08. The van der Waals surface area contributed by atoms with E-state index in [0.717, 1.165) is 64.7 Å². The fourth-order valence-corrected chi connectivity index (χ4v) is 3.90. The Kier molecular flexibility index (Phi) is 8.21. The Hall–Kier alpha value is -1.54. The molecule has 0 saturated carbocycles. The molecule has 3 rings (SSSR count). The van der Waals surface area contributed by atoms with Gasteiger partial charge in [-0.2, -0.15) is 0 Å². The van der Waals surface area contributed by atoms with Crippen LogP contribution in [0.5, 0.6) is 0 Å². The Balaban J connectivity index is 1.31. The maximum absolute atomic E-state index is 12.3. The lowest BCUT2D eigenvalue weighted by Crippen LogP contribution is -2.51. The summed E-state index contributed by atoms with van der Waals surface area (Å²) in [4.78, 5) is 23.8. The Morgan fingerprint density at radius 2 is 1.96 bits per heavy atom. The van der Waals surface area contributed by atoms with E-state index in [9.17, 15) is 4.79 Å². The van der Waals surface area contributed by atoms with Gasteiger partial charge < -0.3 is 10.1 Å². The average Bonchev–Trinajstić information content (AvgIpc) is 2.69. The number of rotatable bonds is 8. The number of aromatic nitrogens is 1. The molecule has 7 nitrogen and oxygen atoms in total. The summed E-state index contributed by atoms with van der Waals surface area (Å²) in [6.07, 6.45) is 1.94. The number of hydrogen-bond donors (Lipinski definition) is 1. The van der Waals surface area contributed by atoms with Crippen molar-refractivity contribution < 1.29 is 9.53 Å². The number of nitrogens with one attached hydrogen (secondary N) is 1. The van der Waals surface area contributed by atoms with E-state index < -0.39 is 0 Å². The molecule has 1 aromatic heterocycles. The lowest BCUT2D eigenvalue weighted by atomic mass is 10.2. The van der Waals surface area contributed by atoms with E-state index in [1.807, 2.05) is 18.3 Å². The second-order valence-electron chi connectivity index (χ2n) is 8.32. The summed E-state index contributed by atoms with van der Waals surface area (Å²) in [6.45, 7) is 14.0. The molecule has 2 aliphatic heterocycles. The molecule has 2 fully saturated rings. The van der Waals surface area contributed by atoms with E-state index in [2.05, 4.69) is 44.9 Å². The molecule has 1 unspecified atom stereocenters. The molecule has 1 atom stereocenters. The molecular weight excluding hydrogens is 354 g/mol. The van der Waals surface area contributed by atoms with Gasteiger partial charge >= 0.3 is 0 Å². The summed E-state index contributed by atoms with van der Waals surface area (Å²) in [5.41, 5.74) is 1.10. The molecule has 0 spiro atoms. The minimum absolute atomic E-state index is 0.0998. The van der Waals surface area contributed by atoms with Crippen LogP contribution < -0.4 is 5.32 Å². The maximum atomic E-state index is 12.3. The largest absolute Gasteiger partial charge is 0.374 e. The lowest BCUT2D eigenvalue weighted by Gasteiger charge is -2.35. The summed E-state index contributed by atoms with van der Waals surface area (Å²) in [6, 6.07) is 6.04. The summed E-state index contributed by atoms with van der Waals surface area (Å²) >= 11 is 0. The first kappa shape index (κ1) is 21.2. The van der Waals surface area contributed by atoms with Crippen LogP contribution in [-0.2, 0) is 16.1 Å². The van der Waals surface area contributed by atoms with Crippen molar-refractivity contribution in [1.29, 1.82) is 0 Å². The van der Waals surface area contributed by atoms with Crippen molar-refractivity contribution in [1.82, 2.24) is 25.0 Å². The molecule has 2 saturated heterocycles. The van der Waals surface area contributed by atoms with E-state index in [0.29, 0.717) is 19.0 Å². The third-order valence-electron chi connectivity index (χ3n) is 5.32. The molecule has 2 aliphatic rings. The predicted molar refractivity (Wildman–Crippen MR) is 110 cm³/mol. The Labute approximate surface area is 169 Å². The van der Waals surface area contributed by atoms with Gasteiger partial charge in [0.25, 0.3) is 0 Å². The Morgan fingerprint density at radius 1 is 1.18 bits per heavy atom. The summed E-state index contributed by atoms with van der Waals surface area (Å²) in [5, 5.41) is 3.07. The number of carbonyl (C=O) groups excluding carboxylic acids is 1. The fraction of sp³-hybridized carbons (Fsp3) is 0.714. The van der Waals surface area contributed by atoms with Crippen molar-refractivity contribution in [3.63, 3.8) is 0 Å². The van der Waals surface area contributed by atoms with Crippen LogP contribution in [-0.4, -0.2) is 97.2 Å². The highest BCUT2D eigenvalue weighted by Gasteiger charge is 2.23. The molecule has 3 heterocycles.